The fourth-order valence-electron chi connectivity index (χ4n) is 2.33. The monoisotopic (exact) mass is 262 g/mol. The molecule has 0 spiro atoms. The molecule has 1 aromatic carbocycles. The first-order valence-corrected chi connectivity index (χ1v) is 7.65. The van der Waals surface area contributed by atoms with Crippen LogP contribution in [0.15, 0.2) is 18.2 Å². The molecule has 0 aliphatic heterocycles. The zero-order valence-electron chi connectivity index (χ0n) is 13.2. The Morgan fingerprint density at radius 3 is 1.95 bits per heavy atom. The van der Waals surface area contributed by atoms with Crippen LogP contribution in [0.2, 0.25) is 0 Å². The summed E-state index contributed by atoms with van der Waals surface area (Å²) in [5.74, 6) is 1.12. The molecule has 0 saturated heterocycles. The molecule has 19 heavy (non-hydrogen) atoms. The van der Waals surface area contributed by atoms with Crippen molar-refractivity contribution in [2.45, 2.75) is 52.9 Å². The molecule has 2 N–H and O–H groups in total. The number of hydrogen-bond donors (Lipinski definition) is 2. The average molecular weight is 262 g/mol. The predicted molar refractivity (Wildman–Crippen MR) is 86.3 cm³/mol. The molecule has 108 valence electrons. The van der Waals surface area contributed by atoms with Gasteiger partial charge in [0.25, 0.3) is 0 Å². The second kappa shape index (κ2) is 8.21. The second-order valence-corrected chi connectivity index (χ2v) is 5.80. The van der Waals surface area contributed by atoms with Crippen LogP contribution in [0.1, 0.15) is 64.0 Å². The highest BCUT2D eigenvalue weighted by molar-refractivity contribution is 5.60. The number of benzene rings is 1. The maximum absolute atomic E-state index is 3.64. The summed E-state index contributed by atoms with van der Waals surface area (Å²) in [6.07, 6.45) is 1.19. The van der Waals surface area contributed by atoms with Crippen LogP contribution in [-0.4, -0.2) is 19.6 Å². The van der Waals surface area contributed by atoms with Crippen LogP contribution in [0, 0.1) is 0 Å². The first kappa shape index (κ1) is 16.0. The van der Waals surface area contributed by atoms with E-state index in [4.69, 9.17) is 0 Å². The van der Waals surface area contributed by atoms with E-state index < -0.39 is 0 Å². The maximum Gasteiger partial charge on any atom is 0.0410 e. The number of rotatable bonds is 8. The first-order chi connectivity index (χ1) is 9.07. The number of nitrogens with one attached hydrogen (secondary N) is 2. The third kappa shape index (κ3) is 4.87. The van der Waals surface area contributed by atoms with Crippen molar-refractivity contribution >= 4 is 5.69 Å². The lowest BCUT2D eigenvalue weighted by Crippen LogP contribution is -2.23. The first-order valence-electron chi connectivity index (χ1n) is 7.65. The van der Waals surface area contributed by atoms with E-state index in [9.17, 15) is 0 Å². The molecule has 2 heteroatoms. The minimum absolute atomic E-state index is 0.560. The number of hydrogen-bond acceptors (Lipinski definition) is 2. The molecule has 0 amide bonds. The van der Waals surface area contributed by atoms with Gasteiger partial charge in [-0.15, -0.1) is 0 Å². The molecule has 0 unspecified atom stereocenters. The molecule has 0 aliphatic rings. The Labute approximate surface area is 119 Å². The fourth-order valence-corrected chi connectivity index (χ4v) is 2.33. The molecule has 1 rings (SSSR count). The van der Waals surface area contributed by atoms with Gasteiger partial charge >= 0.3 is 0 Å². The van der Waals surface area contributed by atoms with Crippen molar-refractivity contribution in [3.05, 3.63) is 29.3 Å². The standard InChI is InChI=1S/C17H30N2/c1-6-10-18-11-12-19-17-15(13(2)3)8-7-9-16(17)14(4)5/h7-9,13-14,18-19H,6,10-12H2,1-5H3. The Morgan fingerprint density at radius 2 is 1.47 bits per heavy atom. The van der Waals surface area contributed by atoms with E-state index in [0.29, 0.717) is 11.8 Å². The minimum atomic E-state index is 0.560. The SMILES string of the molecule is CCCNCCNc1c(C(C)C)cccc1C(C)C. The predicted octanol–water partition coefficient (Wildman–Crippen LogP) is 4.34. The van der Waals surface area contributed by atoms with Gasteiger partial charge in [-0.1, -0.05) is 52.8 Å². The molecule has 0 radical (unpaired) electrons. The molecule has 0 saturated carbocycles. The van der Waals surface area contributed by atoms with Crippen molar-refractivity contribution in [1.82, 2.24) is 5.32 Å². The van der Waals surface area contributed by atoms with Crippen molar-refractivity contribution in [3.8, 4) is 0 Å². The Balaban J connectivity index is 2.77. The summed E-state index contributed by atoms with van der Waals surface area (Å²) < 4.78 is 0. The molecule has 1 aromatic rings. The van der Waals surface area contributed by atoms with E-state index in [-0.39, 0.29) is 0 Å². The van der Waals surface area contributed by atoms with Crippen molar-refractivity contribution in [1.29, 1.82) is 0 Å². The third-order valence-corrected chi connectivity index (χ3v) is 3.40. The summed E-state index contributed by atoms with van der Waals surface area (Å²) in [4.78, 5) is 0. The van der Waals surface area contributed by atoms with E-state index in [1.54, 1.807) is 0 Å². The Bertz CT molecular complexity index is 343. The highest BCUT2D eigenvalue weighted by Crippen LogP contribution is 2.32. The highest BCUT2D eigenvalue weighted by Gasteiger charge is 2.12. The van der Waals surface area contributed by atoms with Crippen LogP contribution in [-0.2, 0) is 0 Å². The van der Waals surface area contributed by atoms with Crippen LogP contribution in [0.4, 0.5) is 5.69 Å². The summed E-state index contributed by atoms with van der Waals surface area (Å²) >= 11 is 0. The molecule has 0 fully saturated rings. The highest BCUT2D eigenvalue weighted by atomic mass is 14.9. The van der Waals surface area contributed by atoms with Crippen molar-refractivity contribution in [2.24, 2.45) is 0 Å². The van der Waals surface area contributed by atoms with Crippen LogP contribution >= 0.6 is 0 Å². The summed E-state index contributed by atoms with van der Waals surface area (Å²) in [5, 5.41) is 7.08. The lowest BCUT2D eigenvalue weighted by molar-refractivity contribution is 0.686. The summed E-state index contributed by atoms with van der Waals surface area (Å²) in [5.41, 5.74) is 4.22. The van der Waals surface area contributed by atoms with E-state index in [2.05, 4.69) is 63.5 Å². The number of para-hydroxylation sites is 1. The molecule has 0 aliphatic carbocycles. The smallest absolute Gasteiger partial charge is 0.0410 e. The van der Waals surface area contributed by atoms with E-state index >= 15 is 0 Å². The second-order valence-electron chi connectivity index (χ2n) is 5.80. The van der Waals surface area contributed by atoms with Crippen LogP contribution < -0.4 is 10.6 Å². The van der Waals surface area contributed by atoms with E-state index in [1.807, 2.05) is 0 Å². The Morgan fingerprint density at radius 1 is 0.895 bits per heavy atom. The van der Waals surface area contributed by atoms with Crippen LogP contribution in [0.3, 0.4) is 0 Å². The van der Waals surface area contributed by atoms with Gasteiger partial charge in [0.15, 0.2) is 0 Å². The molecule has 0 atom stereocenters. The van der Waals surface area contributed by atoms with Crippen LogP contribution in [0.25, 0.3) is 0 Å². The Hall–Kier alpha value is -1.02. The van der Waals surface area contributed by atoms with Gasteiger partial charge in [-0.25, -0.2) is 0 Å². The summed E-state index contributed by atoms with van der Waals surface area (Å²) in [7, 11) is 0. The lowest BCUT2D eigenvalue weighted by Gasteiger charge is -2.21. The lowest BCUT2D eigenvalue weighted by atomic mass is 9.92. The van der Waals surface area contributed by atoms with Crippen molar-refractivity contribution < 1.29 is 0 Å². The average Bonchev–Trinajstić information content (AvgIpc) is 2.38. The van der Waals surface area contributed by atoms with Gasteiger partial charge in [0.2, 0.25) is 0 Å². The fraction of sp³-hybridized carbons (Fsp3) is 0.647. The van der Waals surface area contributed by atoms with Gasteiger partial charge < -0.3 is 10.6 Å². The molecule has 0 bridgehead atoms. The molecule has 0 aromatic heterocycles. The topological polar surface area (TPSA) is 24.1 Å². The molecular weight excluding hydrogens is 232 g/mol. The molecule has 2 nitrogen and oxygen atoms in total. The zero-order chi connectivity index (χ0) is 14.3. The van der Waals surface area contributed by atoms with Gasteiger partial charge in [-0.2, -0.15) is 0 Å². The Kier molecular flexibility index (Phi) is 6.93. The van der Waals surface area contributed by atoms with E-state index in [1.165, 1.54) is 23.2 Å². The van der Waals surface area contributed by atoms with Gasteiger partial charge in [-0.3, -0.25) is 0 Å². The largest absolute Gasteiger partial charge is 0.383 e. The van der Waals surface area contributed by atoms with Gasteiger partial charge in [0.1, 0.15) is 0 Å². The molecular formula is C17H30N2. The number of anilines is 1. The normalized spacial score (nSPS) is 11.3. The summed E-state index contributed by atoms with van der Waals surface area (Å²) in [6.45, 7) is 14.4. The zero-order valence-corrected chi connectivity index (χ0v) is 13.2. The molecule has 0 heterocycles. The third-order valence-electron chi connectivity index (χ3n) is 3.40. The van der Waals surface area contributed by atoms with Crippen molar-refractivity contribution in [3.63, 3.8) is 0 Å². The maximum atomic E-state index is 3.64. The van der Waals surface area contributed by atoms with E-state index in [0.717, 1.165) is 19.6 Å². The van der Waals surface area contributed by atoms with Gasteiger partial charge in [0, 0.05) is 18.8 Å². The van der Waals surface area contributed by atoms with Crippen molar-refractivity contribution in [2.75, 3.05) is 25.0 Å². The van der Waals surface area contributed by atoms with Gasteiger partial charge in [-0.05, 0) is 35.9 Å². The quantitative estimate of drug-likeness (QED) is 0.681. The van der Waals surface area contributed by atoms with Gasteiger partial charge in [0.05, 0.1) is 0 Å². The minimum Gasteiger partial charge on any atom is -0.383 e. The summed E-state index contributed by atoms with van der Waals surface area (Å²) in [6, 6.07) is 6.68. The van der Waals surface area contributed by atoms with Crippen LogP contribution in [0.5, 0.6) is 0 Å².